The Morgan fingerprint density at radius 3 is 2.27 bits per heavy atom. The van der Waals surface area contributed by atoms with Crippen LogP contribution >= 0.6 is 0 Å². The van der Waals surface area contributed by atoms with Crippen LogP contribution in [-0.4, -0.2) is 0 Å². The Hall–Kier alpha value is -0.157. The molecule has 0 saturated carbocycles. The summed E-state index contributed by atoms with van der Waals surface area (Å²) in [5, 5.41) is 0. The Balaban J connectivity index is 0.000001000. The fourth-order valence-corrected chi connectivity index (χ4v) is 1.03. The molecule has 11 heavy (non-hydrogen) atoms. The fraction of sp³-hybridized carbons (Fsp3) is 0.400. The zero-order chi connectivity index (χ0) is 7.23. The van der Waals surface area contributed by atoms with Crippen molar-refractivity contribution in [2.24, 2.45) is 0 Å². The van der Waals surface area contributed by atoms with Crippen molar-refractivity contribution in [2.45, 2.75) is 26.2 Å². The minimum atomic E-state index is 0. The van der Waals surface area contributed by atoms with Crippen LogP contribution in [0.3, 0.4) is 0 Å². The summed E-state index contributed by atoms with van der Waals surface area (Å²) < 4.78 is 0. The van der Waals surface area contributed by atoms with E-state index >= 15 is 0 Å². The zero-order valence-corrected chi connectivity index (χ0v) is 10.2. The first-order valence-electron chi connectivity index (χ1n) is 3.97. The van der Waals surface area contributed by atoms with Crippen molar-refractivity contribution in [3.05, 3.63) is 35.9 Å². The van der Waals surface area contributed by atoms with E-state index in [2.05, 4.69) is 37.3 Å². The first-order valence-corrected chi connectivity index (χ1v) is 3.97. The van der Waals surface area contributed by atoms with Gasteiger partial charge in [-0.25, -0.2) is 0 Å². The van der Waals surface area contributed by atoms with Gasteiger partial charge in [0.15, 0.2) is 0 Å². The molecule has 0 aliphatic heterocycles. The minimum Gasteiger partial charge on any atom is -0.0654 e. The molecule has 0 heterocycles. The van der Waals surface area contributed by atoms with Crippen LogP contribution < -0.4 is 0 Å². The molecule has 0 fully saturated rings. The average molecular weight is 200 g/mol. The van der Waals surface area contributed by atoms with Gasteiger partial charge in [0, 0.05) is 19.5 Å². The second kappa shape index (κ2) is 6.55. The summed E-state index contributed by atoms with van der Waals surface area (Å²) >= 11 is 0. The van der Waals surface area contributed by atoms with Gasteiger partial charge in [-0.05, 0) is 18.4 Å². The van der Waals surface area contributed by atoms with E-state index in [9.17, 15) is 0 Å². The predicted octanol–water partition coefficient (Wildman–Crippen LogP) is 3.03. The maximum Gasteiger partial charge on any atom is 0 e. The maximum atomic E-state index is 2.23. The molecule has 0 amide bonds. The third-order valence-corrected chi connectivity index (χ3v) is 1.66. The Kier molecular flexibility index (Phi) is 6.45. The van der Waals surface area contributed by atoms with E-state index < -0.39 is 0 Å². The third kappa shape index (κ3) is 4.32. The van der Waals surface area contributed by atoms with Gasteiger partial charge in [0.2, 0.25) is 0 Å². The van der Waals surface area contributed by atoms with Gasteiger partial charge in [0.1, 0.15) is 0 Å². The molecule has 0 atom stereocenters. The number of rotatable bonds is 3. The molecule has 0 radical (unpaired) electrons. The quantitative estimate of drug-likeness (QED) is 0.657. The smallest absolute Gasteiger partial charge is 0 e. The normalized spacial score (nSPS) is 8.82. The van der Waals surface area contributed by atoms with Crippen LogP contribution in [0.4, 0.5) is 0 Å². The Morgan fingerprint density at radius 2 is 1.73 bits per heavy atom. The standard InChI is InChI=1S/C10H14.Zn/c1-2-3-7-10-8-5-4-6-9-10;/h4-6,8-9H,2-3,7H2,1H3;. The number of hydrogen-bond donors (Lipinski definition) is 0. The second-order valence-corrected chi connectivity index (χ2v) is 2.59. The van der Waals surface area contributed by atoms with Crippen LogP contribution in [0, 0.1) is 0 Å². The van der Waals surface area contributed by atoms with E-state index in [1.807, 2.05) is 0 Å². The van der Waals surface area contributed by atoms with Crippen molar-refractivity contribution in [1.82, 2.24) is 0 Å². The molecular formula is C10H14Zn. The van der Waals surface area contributed by atoms with E-state index in [4.69, 9.17) is 0 Å². The maximum absolute atomic E-state index is 2.23. The van der Waals surface area contributed by atoms with Crippen LogP contribution in [0.5, 0.6) is 0 Å². The van der Waals surface area contributed by atoms with E-state index in [-0.39, 0.29) is 19.5 Å². The monoisotopic (exact) mass is 198 g/mol. The van der Waals surface area contributed by atoms with Crippen LogP contribution in [0.15, 0.2) is 30.3 Å². The molecule has 1 aromatic carbocycles. The van der Waals surface area contributed by atoms with Crippen molar-refractivity contribution in [1.29, 1.82) is 0 Å². The molecule has 1 aromatic rings. The Labute approximate surface area is 81.8 Å². The summed E-state index contributed by atoms with van der Waals surface area (Å²) in [6.45, 7) is 2.23. The summed E-state index contributed by atoms with van der Waals surface area (Å²) in [5.41, 5.74) is 1.46. The molecule has 0 aromatic heterocycles. The number of aryl methyl sites for hydroxylation is 1. The summed E-state index contributed by atoms with van der Waals surface area (Å²) in [6, 6.07) is 10.6. The zero-order valence-electron chi connectivity index (χ0n) is 7.22. The van der Waals surface area contributed by atoms with Crippen molar-refractivity contribution in [2.75, 3.05) is 0 Å². The van der Waals surface area contributed by atoms with Crippen LogP contribution in [0.2, 0.25) is 0 Å². The summed E-state index contributed by atoms with van der Waals surface area (Å²) in [5.74, 6) is 0. The van der Waals surface area contributed by atoms with Gasteiger partial charge in [-0.3, -0.25) is 0 Å². The fourth-order valence-electron chi connectivity index (χ4n) is 1.03. The molecule has 0 nitrogen and oxygen atoms in total. The third-order valence-electron chi connectivity index (χ3n) is 1.66. The molecule has 56 valence electrons. The SMILES string of the molecule is CCCCc1ccccc1.[Zn]. The topological polar surface area (TPSA) is 0 Å². The predicted molar refractivity (Wildman–Crippen MR) is 45.1 cm³/mol. The molecule has 0 aliphatic carbocycles. The molecule has 0 unspecified atom stereocenters. The van der Waals surface area contributed by atoms with Gasteiger partial charge in [-0.2, -0.15) is 0 Å². The van der Waals surface area contributed by atoms with Gasteiger partial charge >= 0.3 is 0 Å². The number of hydrogen-bond acceptors (Lipinski definition) is 0. The number of benzene rings is 1. The largest absolute Gasteiger partial charge is 0.0654 e. The summed E-state index contributed by atoms with van der Waals surface area (Å²) in [7, 11) is 0. The molecule has 0 aliphatic rings. The van der Waals surface area contributed by atoms with Crippen molar-refractivity contribution in [3.63, 3.8) is 0 Å². The van der Waals surface area contributed by atoms with Gasteiger partial charge in [0.25, 0.3) is 0 Å². The summed E-state index contributed by atoms with van der Waals surface area (Å²) in [4.78, 5) is 0. The molecule has 1 rings (SSSR count). The van der Waals surface area contributed by atoms with E-state index in [0.717, 1.165) is 0 Å². The molecular weight excluding hydrogens is 185 g/mol. The molecule has 0 spiro atoms. The first-order chi connectivity index (χ1) is 4.93. The first kappa shape index (κ1) is 10.8. The molecule has 0 bridgehead atoms. The Bertz CT molecular complexity index is 169. The van der Waals surface area contributed by atoms with E-state index in [1.165, 1.54) is 24.8 Å². The van der Waals surface area contributed by atoms with Gasteiger partial charge in [0.05, 0.1) is 0 Å². The number of unbranched alkanes of at least 4 members (excludes halogenated alkanes) is 1. The Morgan fingerprint density at radius 1 is 1.09 bits per heavy atom. The van der Waals surface area contributed by atoms with Gasteiger partial charge in [-0.15, -0.1) is 0 Å². The van der Waals surface area contributed by atoms with Gasteiger partial charge < -0.3 is 0 Å². The van der Waals surface area contributed by atoms with Gasteiger partial charge in [-0.1, -0.05) is 43.7 Å². The van der Waals surface area contributed by atoms with E-state index in [1.54, 1.807) is 0 Å². The van der Waals surface area contributed by atoms with E-state index in [0.29, 0.717) is 0 Å². The minimum absolute atomic E-state index is 0. The molecule has 0 N–H and O–H groups in total. The molecule has 0 saturated heterocycles. The van der Waals surface area contributed by atoms with Crippen LogP contribution in [0.1, 0.15) is 25.3 Å². The average Bonchev–Trinajstić information content (AvgIpc) is 2.03. The second-order valence-electron chi connectivity index (χ2n) is 2.59. The van der Waals surface area contributed by atoms with Crippen molar-refractivity contribution >= 4 is 0 Å². The van der Waals surface area contributed by atoms with Crippen LogP contribution in [0.25, 0.3) is 0 Å². The summed E-state index contributed by atoms with van der Waals surface area (Å²) in [6.07, 6.45) is 3.83. The van der Waals surface area contributed by atoms with Crippen molar-refractivity contribution < 1.29 is 19.5 Å². The van der Waals surface area contributed by atoms with Crippen molar-refractivity contribution in [3.8, 4) is 0 Å². The van der Waals surface area contributed by atoms with Crippen LogP contribution in [-0.2, 0) is 25.9 Å². The molecule has 1 heteroatoms.